The van der Waals surface area contributed by atoms with E-state index in [-0.39, 0.29) is 5.57 Å². The summed E-state index contributed by atoms with van der Waals surface area (Å²) in [6.45, 7) is 0. The number of rotatable bonds is 5. The summed E-state index contributed by atoms with van der Waals surface area (Å²) in [5.41, 5.74) is 3.52. The molecule has 0 aliphatic carbocycles. The Morgan fingerprint density at radius 3 is 2.22 bits per heavy atom. The number of hydrazine groups is 1. The highest BCUT2D eigenvalue weighted by Gasteiger charge is 2.34. The van der Waals surface area contributed by atoms with Crippen LogP contribution in [0.2, 0.25) is 5.02 Å². The maximum atomic E-state index is 12.7. The molecule has 2 amide bonds. The first-order valence-electron chi connectivity index (χ1n) is 7.91. The van der Waals surface area contributed by atoms with Gasteiger partial charge in [0.05, 0.1) is 27.0 Å². The summed E-state index contributed by atoms with van der Waals surface area (Å²) in [5, 5.41) is 1.61. The molecule has 0 aromatic heterocycles. The Balaban J connectivity index is 2.00. The van der Waals surface area contributed by atoms with Gasteiger partial charge in [0.1, 0.15) is 5.57 Å². The molecule has 7 nitrogen and oxygen atoms in total. The molecule has 3 rings (SSSR count). The number of amides is 2. The Morgan fingerprint density at radius 1 is 1.00 bits per heavy atom. The molecule has 1 aliphatic heterocycles. The number of methoxy groups -OCH3 is 3. The maximum absolute atomic E-state index is 12.7. The number of benzene rings is 2. The molecular formula is C19H17ClN2O5. The molecule has 0 bridgehead atoms. The molecule has 0 spiro atoms. The molecule has 0 radical (unpaired) electrons. The highest BCUT2D eigenvalue weighted by Crippen LogP contribution is 2.39. The zero-order valence-corrected chi connectivity index (χ0v) is 15.7. The zero-order chi connectivity index (χ0) is 19.6. The minimum atomic E-state index is -0.520. The highest BCUT2D eigenvalue weighted by molar-refractivity contribution is 6.33. The van der Waals surface area contributed by atoms with Crippen molar-refractivity contribution in [3.8, 4) is 17.2 Å². The standard InChI is InChI=1S/C19H17ClN2O5/c1-25-15-8-11(9-16(26-2)17(15)27-3)7-14-18(23)21-22(19(14)24)13-6-4-5-12(20)10-13/h4-10H,1-3H3,(H,21,23)/b14-7-. The van der Waals surface area contributed by atoms with E-state index in [9.17, 15) is 9.59 Å². The number of anilines is 1. The average Bonchev–Trinajstić information content (AvgIpc) is 2.95. The number of halogens is 1. The van der Waals surface area contributed by atoms with Gasteiger partial charge in [-0.25, -0.2) is 5.01 Å². The number of carbonyl (C=O) groups is 2. The summed E-state index contributed by atoms with van der Waals surface area (Å²) in [4.78, 5) is 25.0. The van der Waals surface area contributed by atoms with Crippen molar-refractivity contribution in [2.24, 2.45) is 0 Å². The largest absolute Gasteiger partial charge is 0.493 e. The van der Waals surface area contributed by atoms with Crippen LogP contribution in [0.5, 0.6) is 17.2 Å². The monoisotopic (exact) mass is 388 g/mol. The van der Waals surface area contributed by atoms with Crippen molar-refractivity contribution in [2.45, 2.75) is 0 Å². The third-order valence-corrected chi connectivity index (χ3v) is 4.19. The van der Waals surface area contributed by atoms with Crippen molar-refractivity contribution < 1.29 is 23.8 Å². The molecule has 8 heteroatoms. The van der Waals surface area contributed by atoms with Crippen LogP contribution in [0.15, 0.2) is 42.0 Å². The second-order valence-electron chi connectivity index (χ2n) is 5.58. The minimum absolute atomic E-state index is 0.0238. The van der Waals surface area contributed by atoms with E-state index < -0.39 is 11.8 Å². The van der Waals surface area contributed by atoms with Gasteiger partial charge in [0.15, 0.2) is 11.5 Å². The van der Waals surface area contributed by atoms with Crippen LogP contribution in [0.25, 0.3) is 6.08 Å². The van der Waals surface area contributed by atoms with E-state index in [1.165, 1.54) is 27.4 Å². The SMILES string of the molecule is COc1cc(/C=C2/C(=O)NN(c3cccc(Cl)c3)C2=O)cc(OC)c1OC. The first-order valence-corrected chi connectivity index (χ1v) is 8.29. The third-order valence-electron chi connectivity index (χ3n) is 3.96. The van der Waals surface area contributed by atoms with Crippen LogP contribution in [0.3, 0.4) is 0 Å². The molecular weight excluding hydrogens is 372 g/mol. The van der Waals surface area contributed by atoms with Gasteiger partial charge in [-0.05, 0) is 42.0 Å². The lowest BCUT2D eigenvalue weighted by Crippen LogP contribution is -2.35. The smallest absolute Gasteiger partial charge is 0.282 e. The Morgan fingerprint density at radius 2 is 1.67 bits per heavy atom. The van der Waals surface area contributed by atoms with Gasteiger partial charge in [0, 0.05) is 5.02 Å². The number of hydrogen-bond donors (Lipinski definition) is 1. The van der Waals surface area contributed by atoms with E-state index >= 15 is 0 Å². The normalized spacial score (nSPS) is 15.1. The predicted molar refractivity (Wildman–Crippen MR) is 101 cm³/mol. The third kappa shape index (κ3) is 3.54. The molecule has 2 aromatic carbocycles. The van der Waals surface area contributed by atoms with E-state index in [0.29, 0.717) is 33.5 Å². The van der Waals surface area contributed by atoms with Crippen molar-refractivity contribution >= 4 is 35.2 Å². The van der Waals surface area contributed by atoms with Crippen molar-refractivity contribution in [2.75, 3.05) is 26.3 Å². The summed E-state index contributed by atoms with van der Waals surface area (Å²) < 4.78 is 15.9. The molecule has 2 aromatic rings. The number of carbonyl (C=O) groups excluding carboxylic acids is 2. The Kier molecular flexibility index (Phi) is 5.23. The average molecular weight is 389 g/mol. The van der Waals surface area contributed by atoms with Gasteiger partial charge in [0.25, 0.3) is 11.8 Å². The van der Waals surface area contributed by atoms with Gasteiger partial charge in [0.2, 0.25) is 5.75 Å². The van der Waals surface area contributed by atoms with Crippen LogP contribution in [0.4, 0.5) is 5.69 Å². The van der Waals surface area contributed by atoms with E-state index in [4.69, 9.17) is 25.8 Å². The van der Waals surface area contributed by atoms with Crippen LogP contribution in [0.1, 0.15) is 5.56 Å². The minimum Gasteiger partial charge on any atom is -0.493 e. The van der Waals surface area contributed by atoms with Gasteiger partial charge < -0.3 is 14.2 Å². The van der Waals surface area contributed by atoms with Crippen molar-refractivity contribution in [3.05, 3.63) is 52.6 Å². The lowest BCUT2D eigenvalue weighted by molar-refractivity contribution is -0.117. The first kappa shape index (κ1) is 18.6. The number of hydrogen-bond acceptors (Lipinski definition) is 5. The molecule has 1 saturated heterocycles. The van der Waals surface area contributed by atoms with Crippen molar-refractivity contribution in [1.29, 1.82) is 0 Å². The lowest BCUT2D eigenvalue weighted by Gasteiger charge is -2.14. The predicted octanol–water partition coefficient (Wildman–Crippen LogP) is 2.83. The molecule has 1 heterocycles. The van der Waals surface area contributed by atoms with Crippen LogP contribution in [-0.2, 0) is 9.59 Å². The van der Waals surface area contributed by atoms with Crippen molar-refractivity contribution in [1.82, 2.24) is 5.43 Å². The highest BCUT2D eigenvalue weighted by atomic mass is 35.5. The van der Waals surface area contributed by atoms with E-state index in [0.717, 1.165) is 5.01 Å². The van der Waals surface area contributed by atoms with Crippen LogP contribution in [-0.4, -0.2) is 33.1 Å². The van der Waals surface area contributed by atoms with E-state index in [2.05, 4.69) is 5.43 Å². The van der Waals surface area contributed by atoms with E-state index in [1.807, 2.05) is 0 Å². The van der Waals surface area contributed by atoms with Gasteiger partial charge in [-0.1, -0.05) is 17.7 Å². The molecule has 1 fully saturated rings. The second kappa shape index (κ2) is 7.59. The molecule has 27 heavy (non-hydrogen) atoms. The van der Waals surface area contributed by atoms with Crippen LogP contribution >= 0.6 is 11.6 Å². The van der Waals surface area contributed by atoms with Gasteiger partial charge in [-0.2, -0.15) is 0 Å². The fourth-order valence-corrected chi connectivity index (χ4v) is 2.89. The topological polar surface area (TPSA) is 77.1 Å². The van der Waals surface area contributed by atoms with Gasteiger partial charge >= 0.3 is 0 Å². The zero-order valence-electron chi connectivity index (χ0n) is 14.9. The second-order valence-corrected chi connectivity index (χ2v) is 6.01. The molecule has 1 aliphatic rings. The summed E-state index contributed by atoms with van der Waals surface area (Å²) >= 11 is 5.96. The molecule has 0 saturated carbocycles. The van der Waals surface area contributed by atoms with E-state index in [1.54, 1.807) is 36.4 Å². The van der Waals surface area contributed by atoms with Gasteiger partial charge in [-0.3, -0.25) is 15.0 Å². The molecule has 0 unspecified atom stereocenters. The fourth-order valence-electron chi connectivity index (χ4n) is 2.71. The van der Waals surface area contributed by atoms with Crippen LogP contribution in [0, 0.1) is 0 Å². The maximum Gasteiger partial charge on any atom is 0.282 e. The number of nitrogens with zero attached hydrogens (tertiary/aromatic N) is 1. The molecule has 1 N–H and O–H groups in total. The Labute approximate surface area is 161 Å². The summed E-state index contributed by atoms with van der Waals surface area (Å²) in [5.74, 6) is 0.247. The first-order chi connectivity index (χ1) is 13.0. The van der Waals surface area contributed by atoms with Crippen LogP contribution < -0.4 is 24.6 Å². The fraction of sp³-hybridized carbons (Fsp3) is 0.158. The Hall–Kier alpha value is -3.19. The Bertz CT molecular complexity index is 916. The summed E-state index contributed by atoms with van der Waals surface area (Å²) in [7, 11) is 4.47. The quantitative estimate of drug-likeness (QED) is 0.629. The summed E-state index contributed by atoms with van der Waals surface area (Å²) in [6, 6.07) is 9.93. The molecule has 0 atom stereocenters. The number of nitrogens with one attached hydrogen (secondary N) is 1. The van der Waals surface area contributed by atoms with Gasteiger partial charge in [-0.15, -0.1) is 0 Å². The number of ether oxygens (including phenoxy) is 3. The summed E-state index contributed by atoms with van der Waals surface area (Å²) in [6.07, 6.45) is 1.46. The van der Waals surface area contributed by atoms with Crippen molar-refractivity contribution in [3.63, 3.8) is 0 Å². The lowest BCUT2D eigenvalue weighted by atomic mass is 10.1. The molecule has 140 valence electrons.